The lowest BCUT2D eigenvalue weighted by Gasteiger charge is -2.10. The van der Waals surface area contributed by atoms with Gasteiger partial charge in [-0.3, -0.25) is 0 Å². The van der Waals surface area contributed by atoms with Crippen molar-refractivity contribution in [1.29, 1.82) is 0 Å². The first kappa shape index (κ1) is 20.0. The third kappa shape index (κ3) is 4.46. The number of aryl methyl sites for hydroxylation is 3. The maximum atomic E-state index is 13.4. The summed E-state index contributed by atoms with van der Waals surface area (Å²) < 4.78 is 39.9. The Morgan fingerprint density at radius 3 is 1.67 bits per heavy atom. The minimum Gasteiger partial charge on any atom is -0.204 e. The Bertz CT molecular complexity index is 1140. The lowest BCUT2D eigenvalue weighted by atomic mass is 9.95. The van der Waals surface area contributed by atoms with Gasteiger partial charge >= 0.3 is 0 Å². The lowest BCUT2D eigenvalue weighted by Crippen LogP contribution is -1.97. The highest BCUT2D eigenvalue weighted by Gasteiger charge is 2.10. The van der Waals surface area contributed by atoms with Crippen LogP contribution in [0.5, 0.6) is 0 Å². The first-order valence-electron chi connectivity index (χ1n) is 9.89. The van der Waals surface area contributed by atoms with E-state index in [0.717, 1.165) is 28.8 Å². The maximum Gasteiger partial charge on any atom is 0.194 e. The van der Waals surface area contributed by atoms with Gasteiger partial charge in [0, 0.05) is 0 Å². The molecule has 0 saturated carbocycles. The predicted molar refractivity (Wildman–Crippen MR) is 116 cm³/mol. The van der Waals surface area contributed by atoms with E-state index in [9.17, 15) is 13.2 Å². The second kappa shape index (κ2) is 8.58. The summed E-state index contributed by atoms with van der Waals surface area (Å²) in [4.78, 5) is 0. The van der Waals surface area contributed by atoms with Crippen LogP contribution in [0.3, 0.4) is 0 Å². The Kier molecular flexibility index (Phi) is 5.71. The highest BCUT2D eigenvalue weighted by atomic mass is 19.2. The van der Waals surface area contributed by atoms with E-state index in [1.807, 2.05) is 30.3 Å². The summed E-state index contributed by atoms with van der Waals surface area (Å²) in [5.41, 5.74) is 7.30. The van der Waals surface area contributed by atoms with Crippen LogP contribution in [0.25, 0.3) is 22.3 Å². The van der Waals surface area contributed by atoms with E-state index >= 15 is 0 Å². The zero-order valence-corrected chi connectivity index (χ0v) is 16.6. The Hall–Kier alpha value is -3.33. The highest BCUT2D eigenvalue weighted by molar-refractivity contribution is 5.74. The monoisotopic (exact) mass is 402 g/mol. The van der Waals surface area contributed by atoms with Crippen molar-refractivity contribution in [2.45, 2.75) is 19.8 Å². The molecule has 0 N–H and O–H groups in total. The first-order valence-corrected chi connectivity index (χ1v) is 9.89. The summed E-state index contributed by atoms with van der Waals surface area (Å²) in [5.74, 6) is -3.71. The van der Waals surface area contributed by atoms with Gasteiger partial charge < -0.3 is 0 Å². The molecule has 0 saturated heterocycles. The summed E-state index contributed by atoms with van der Waals surface area (Å²) >= 11 is 0. The molecule has 150 valence electrons. The van der Waals surface area contributed by atoms with Crippen molar-refractivity contribution in [3.05, 3.63) is 119 Å². The van der Waals surface area contributed by atoms with Crippen LogP contribution in [0.1, 0.15) is 16.7 Å². The SMILES string of the molecule is Cc1cc(-c2ccccc2)cc(-c2ccc(CCc3cc(F)c(F)c(F)c3)cc2)c1. The van der Waals surface area contributed by atoms with Gasteiger partial charge in [0.1, 0.15) is 0 Å². The van der Waals surface area contributed by atoms with Crippen molar-refractivity contribution >= 4 is 0 Å². The summed E-state index contributed by atoms with van der Waals surface area (Å²) in [6, 6.07) is 27.1. The molecule has 4 aromatic rings. The molecule has 4 aromatic carbocycles. The molecule has 0 heterocycles. The van der Waals surface area contributed by atoms with E-state index in [4.69, 9.17) is 0 Å². The van der Waals surface area contributed by atoms with Gasteiger partial charge in [0.15, 0.2) is 17.5 Å². The van der Waals surface area contributed by atoms with Crippen LogP contribution >= 0.6 is 0 Å². The smallest absolute Gasteiger partial charge is 0.194 e. The van der Waals surface area contributed by atoms with Crippen LogP contribution < -0.4 is 0 Å². The van der Waals surface area contributed by atoms with Crippen LogP contribution in [0.4, 0.5) is 13.2 Å². The van der Waals surface area contributed by atoms with Crippen LogP contribution in [0.15, 0.2) is 84.9 Å². The molecule has 30 heavy (non-hydrogen) atoms. The van der Waals surface area contributed by atoms with Crippen molar-refractivity contribution in [3.63, 3.8) is 0 Å². The third-order valence-corrected chi connectivity index (χ3v) is 5.22. The number of hydrogen-bond donors (Lipinski definition) is 0. The second-order valence-electron chi connectivity index (χ2n) is 7.52. The fourth-order valence-corrected chi connectivity index (χ4v) is 3.65. The van der Waals surface area contributed by atoms with Crippen LogP contribution in [-0.4, -0.2) is 0 Å². The van der Waals surface area contributed by atoms with Crippen molar-refractivity contribution in [2.24, 2.45) is 0 Å². The molecule has 0 aromatic heterocycles. The van der Waals surface area contributed by atoms with E-state index in [2.05, 4.69) is 49.4 Å². The van der Waals surface area contributed by atoms with E-state index in [1.54, 1.807) is 0 Å². The molecule has 0 aliphatic rings. The standard InChI is InChI=1S/C27H21F3/c1-18-13-23(21-5-3-2-4-6-21)17-24(14-18)22-11-9-19(10-12-22)7-8-20-15-25(28)27(30)26(29)16-20/h2-6,9-17H,7-8H2,1H3. The zero-order chi connectivity index (χ0) is 21.1. The zero-order valence-electron chi connectivity index (χ0n) is 16.6. The Balaban J connectivity index is 1.52. The molecule has 0 fully saturated rings. The highest BCUT2D eigenvalue weighted by Crippen LogP contribution is 2.28. The molecule has 0 bridgehead atoms. The van der Waals surface area contributed by atoms with E-state index in [-0.39, 0.29) is 0 Å². The summed E-state index contributed by atoms with van der Waals surface area (Å²) in [6.45, 7) is 2.09. The van der Waals surface area contributed by atoms with Crippen molar-refractivity contribution in [3.8, 4) is 22.3 Å². The molecular formula is C27H21F3. The number of halogens is 3. The third-order valence-electron chi connectivity index (χ3n) is 5.22. The summed E-state index contributed by atoms with van der Waals surface area (Å²) in [6.07, 6.45) is 1.06. The average Bonchev–Trinajstić information content (AvgIpc) is 2.76. The van der Waals surface area contributed by atoms with Gasteiger partial charge in [-0.2, -0.15) is 0 Å². The van der Waals surface area contributed by atoms with Crippen LogP contribution in [0.2, 0.25) is 0 Å². The quantitative estimate of drug-likeness (QED) is 0.303. The van der Waals surface area contributed by atoms with Gasteiger partial charge in [-0.1, -0.05) is 66.7 Å². The van der Waals surface area contributed by atoms with Crippen LogP contribution in [0, 0.1) is 24.4 Å². The Morgan fingerprint density at radius 2 is 1.07 bits per heavy atom. The minimum absolute atomic E-state index is 0.441. The van der Waals surface area contributed by atoms with Gasteiger partial charge in [-0.05, 0) is 76.9 Å². The van der Waals surface area contributed by atoms with Gasteiger partial charge in [-0.25, -0.2) is 13.2 Å². The van der Waals surface area contributed by atoms with Crippen molar-refractivity contribution in [1.82, 2.24) is 0 Å². The number of hydrogen-bond acceptors (Lipinski definition) is 0. The Morgan fingerprint density at radius 1 is 0.533 bits per heavy atom. The minimum atomic E-state index is -1.42. The van der Waals surface area contributed by atoms with E-state index < -0.39 is 17.5 Å². The van der Waals surface area contributed by atoms with E-state index in [1.165, 1.54) is 16.7 Å². The molecule has 0 aliphatic heterocycles. The molecular weight excluding hydrogens is 381 g/mol. The van der Waals surface area contributed by atoms with Crippen molar-refractivity contribution in [2.75, 3.05) is 0 Å². The predicted octanol–water partition coefficient (Wildman–Crippen LogP) is 7.53. The molecule has 0 unspecified atom stereocenters. The lowest BCUT2D eigenvalue weighted by molar-refractivity contribution is 0.445. The number of rotatable bonds is 5. The van der Waals surface area contributed by atoms with E-state index in [0.29, 0.717) is 18.4 Å². The fourth-order valence-electron chi connectivity index (χ4n) is 3.65. The molecule has 0 atom stereocenters. The Labute approximate surface area is 174 Å². The van der Waals surface area contributed by atoms with Crippen molar-refractivity contribution < 1.29 is 13.2 Å². The normalized spacial score (nSPS) is 10.9. The summed E-state index contributed by atoms with van der Waals surface area (Å²) in [7, 11) is 0. The van der Waals surface area contributed by atoms with Gasteiger partial charge in [0.25, 0.3) is 0 Å². The molecule has 0 amide bonds. The molecule has 0 spiro atoms. The van der Waals surface area contributed by atoms with Gasteiger partial charge in [0.05, 0.1) is 0 Å². The molecule has 0 radical (unpaired) electrons. The van der Waals surface area contributed by atoms with Gasteiger partial charge in [0.2, 0.25) is 0 Å². The maximum absolute atomic E-state index is 13.4. The number of benzene rings is 4. The molecule has 4 rings (SSSR count). The average molecular weight is 402 g/mol. The van der Waals surface area contributed by atoms with Crippen LogP contribution in [-0.2, 0) is 12.8 Å². The molecule has 3 heteroatoms. The molecule has 0 nitrogen and oxygen atoms in total. The molecule has 0 aliphatic carbocycles. The second-order valence-corrected chi connectivity index (χ2v) is 7.52. The van der Waals surface area contributed by atoms with Gasteiger partial charge in [-0.15, -0.1) is 0 Å². The largest absolute Gasteiger partial charge is 0.204 e. The first-order chi connectivity index (χ1) is 14.5. The topological polar surface area (TPSA) is 0 Å². The summed E-state index contributed by atoms with van der Waals surface area (Å²) in [5, 5.41) is 0. The fraction of sp³-hybridized carbons (Fsp3) is 0.111.